The first-order chi connectivity index (χ1) is 12.8. The summed E-state index contributed by atoms with van der Waals surface area (Å²) in [6.07, 6.45) is 3.49. The summed E-state index contributed by atoms with van der Waals surface area (Å²) < 4.78 is 29.6. The Morgan fingerprint density at radius 1 is 1.37 bits per heavy atom. The molecule has 1 aliphatic rings. The normalized spacial score (nSPS) is 16.6. The smallest absolute Gasteiger partial charge is 0.325 e. The van der Waals surface area contributed by atoms with E-state index in [0.717, 1.165) is 12.1 Å². The summed E-state index contributed by atoms with van der Waals surface area (Å²) in [6, 6.07) is 5.52. The van der Waals surface area contributed by atoms with Crippen LogP contribution in [0.1, 0.15) is 37.1 Å². The van der Waals surface area contributed by atoms with Gasteiger partial charge in [-0.2, -0.15) is 5.10 Å². The lowest BCUT2D eigenvalue weighted by atomic mass is 9.94. The first-order valence-corrected chi connectivity index (χ1v) is 9.91. The van der Waals surface area contributed by atoms with Crippen LogP contribution < -0.4 is 10.0 Å². The van der Waals surface area contributed by atoms with Gasteiger partial charge in [-0.05, 0) is 37.5 Å². The number of nitrogens with one attached hydrogen (secondary N) is 2. The molecular weight excluding hydrogens is 372 g/mol. The monoisotopic (exact) mass is 392 g/mol. The molecule has 0 fully saturated rings. The number of hydrogen-bond acceptors (Lipinski definition) is 5. The van der Waals surface area contributed by atoms with Crippen molar-refractivity contribution in [1.29, 1.82) is 0 Å². The minimum absolute atomic E-state index is 0.0406. The highest BCUT2D eigenvalue weighted by molar-refractivity contribution is 7.89. The maximum absolute atomic E-state index is 12.8. The molecule has 10 heteroatoms. The Hall–Kier alpha value is -2.72. The van der Waals surface area contributed by atoms with Gasteiger partial charge in [-0.25, -0.2) is 13.1 Å². The van der Waals surface area contributed by atoms with E-state index in [1.807, 2.05) is 0 Å². The van der Waals surface area contributed by atoms with Crippen molar-refractivity contribution in [1.82, 2.24) is 14.5 Å². The van der Waals surface area contributed by atoms with Crippen molar-refractivity contribution in [3.8, 4) is 0 Å². The van der Waals surface area contributed by atoms with Crippen LogP contribution in [0.25, 0.3) is 0 Å². The van der Waals surface area contributed by atoms with Crippen LogP contribution in [0.15, 0.2) is 35.4 Å². The highest BCUT2D eigenvalue weighted by Crippen LogP contribution is 2.31. The fourth-order valence-electron chi connectivity index (χ4n) is 3.21. The predicted molar refractivity (Wildman–Crippen MR) is 96.6 cm³/mol. The van der Waals surface area contributed by atoms with Crippen LogP contribution in [-0.4, -0.2) is 35.2 Å². The van der Waals surface area contributed by atoms with Crippen LogP contribution in [0, 0.1) is 0 Å². The van der Waals surface area contributed by atoms with Crippen LogP contribution in [0.5, 0.6) is 0 Å². The first kappa shape index (κ1) is 19.1. The lowest BCUT2D eigenvalue weighted by Gasteiger charge is -2.24. The van der Waals surface area contributed by atoms with Crippen molar-refractivity contribution < 1.29 is 23.1 Å². The Morgan fingerprint density at radius 2 is 2.15 bits per heavy atom. The van der Waals surface area contributed by atoms with Crippen molar-refractivity contribution in [2.24, 2.45) is 0 Å². The summed E-state index contributed by atoms with van der Waals surface area (Å²) in [5, 5.41) is 15.6. The fourth-order valence-corrected chi connectivity index (χ4v) is 4.50. The number of rotatable bonds is 6. The maximum Gasteiger partial charge on any atom is 0.325 e. The van der Waals surface area contributed by atoms with Gasteiger partial charge in [0.05, 0.1) is 17.1 Å². The number of carboxylic acids is 1. The van der Waals surface area contributed by atoms with Gasteiger partial charge in [0.1, 0.15) is 6.54 Å². The molecule has 1 aliphatic carbocycles. The molecule has 0 aliphatic heterocycles. The molecule has 0 bridgehead atoms. The van der Waals surface area contributed by atoms with Gasteiger partial charge in [-0.3, -0.25) is 14.3 Å². The van der Waals surface area contributed by atoms with Crippen LogP contribution in [0.2, 0.25) is 0 Å². The molecule has 27 heavy (non-hydrogen) atoms. The van der Waals surface area contributed by atoms with E-state index in [9.17, 15) is 18.0 Å². The average molecular weight is 392 g/mol. The Kier molecular flexibility index (Phi) is 5.29. The van der Waals surface area contributed by atoms with Gasteiger partial charge in [0, 0.05) is 23.9 Å². The predicted octanol–water partition coefficient (Wildman–Crippen LogP) is 1.28. The fraction of sp³-hybridized carbons (Fsp3) is 0.353. The molecule has 0 radical (unpaired) electrons. The third-order valence-electron chi connectivity index (χ3n) is 4.31. The minimum atomic E-state index is -3.83. The van der Waals surface area contributed by atoms with Gasteiger partial charge in [0.2, 0.25) is 15.9 Å². The highest BCUT2D eigenvalue weighted by atomic mass is 32.2. The average Bonchev–Trinajstić information content (AvgIpc) is 2.98. The number of hydrogen-bond donors (Lipinski definition) is 3. The topological polar surface area (TPSA) is 130 Å². The number of fused-ring (bicyclic) bond motifs is 1. The van der Waals surface area contributed by atoms with Crippen molar-refractivity contribution in [2.75, 3.05) is 5.32 Å². The Bertz CT molecular complexity index is 983. The Labute approximate surface area is 156 Å². The van der Waals surface area contributed by atoms with E-state index in [1.165, 1.54) is 29.9 Å². The summed E-state index contributed by atoms with van der Waals surface area (Å²) in [5.74, 6) is -1.29. The van der Waals surface area contributed by atoms with E-state index in [4.69, 9.17) is 5.11 Å². The van der Waals surface area contributed by atoms with Crippen molar-refractivity contribution in [3.63, 3.8) is 0 Å². The molecule has 2 aromatic rings. The lowest BCUT2D eigenvalue weighted by molar-refractivity contribution is -0.138. The lowest BCUT2D eigenvalue weighted by Crippen LogP contribution is -2.31. The SMILES string of the molecule is CC(=O)Nc1cccc(S(=O)(=O)NC2CCCc3c2cnn3CC(=O)O)c1. The third-order valence-corrected chi connectivity index (χ3v) is 5.78. The zero-order valence-electron chi connectivity index (χ0n) is 14.7. The first-order valence-electron chi connectivity index (χ1n) is 8.42. The molecule has 1 heterocycles. The summed E-state index contributed by atoms with van der Waals surface area (Å²) >= 11 is 0. The summed E-state index contributed by atoms with van der Waals surface area (Å²) in [7, 11) is -3.83. The van der Waals surface area contributed by atoms with E-state index in [0.29, 0.717) is 24.1 Å². The number of amides is 1. The zero-order valence-corrected chi connectivity index (χ0v) is 15.5. The number of carbonyl (C=O) groups excluding carboxylic acids is 1. The number of aromatic nitrogens is 2. The van der Waals surface area contributed by atoms with Gasteiger partial charge in [-0.1, -0.05) is 6.07 Å². The molecule has 1 atom stereocenters. The molecule has 1 amide bonds. The van der Waals surface area contributed by atoms with Crippen molar-refractivity contribution >= 4 is 27.6 Å². The number of aliphatic carboxylic acids is 1. The molecule has 1 aromatic heterocycles. The second-order valence-electron chi connectivity index (χ2n) is 6.37. The van der Waals surface area contributed by atoms with E-state index < -0.39 is 22.0 Å². The molecule has 0 saturated heterocycles. The summed E-state index contributed by atoms with van der Waals surface area (Å²) in [6.45, 7) is 1.09. The number of carbonyl (C=O) groups is 2. The molecule has 1 unspecified atom stereocenters. The van der Waals surface area contributed by atoms with E-state index in [2.05, 4.69) is 15.1 Å². The second kappa shape index (κ2) is 7.49. The molecule has 0 spiro atoms. The zero-order chi connectivity index (χ0) is 19.6. The van der Waals surface area contributed by atoms with Gasteiger partial charge < -0.3 is 10.4 Å². The van der Waals surface area contributed by atoms with Crippen molar-refractivity contribution in [3.05, 3.63) is 41.7 Å². The number of benzene rings is 1. The number of nitrogens with zero attached hydrogens (tertiary/aromatic N) is 2. The summed E-state index contributed by atoms with van der Waals surface area (Å²) in [4.78, 5) is 22.2. The second-order valence-corrected chi connectivity index (χ2v) is 8.09. The maximum atomic E-state index is 12.8. The Balaban J connectivity index is 1.84. The molecule has 3 rings (SSSR count). The largest absolute Gasteiger partial charge is 0.480 e. The molecule has 3 N–H and O–H groups in total. The molecule has 144 valence electrons. The molecular formula is C17H20N4O5S. The van der Waals surface area contributed by atoms with Gasteiger partial charge in [-0.15, -0.1) is 0 Å². The van der Waals surface area contributed by atoms with Crippen LogP contribution >= 0.6 is 0 Å². The van der Waals surface area contributed by atoms with Gasteiger partial charge in [0.25, 0.3) is 0 Å². The van der Waals surface area contributed by atoms with Gasteiger partial charge in [0.15, 0.2) is 0 Å². The molecule has 9 nitrogen and oxygen atoms in total. The molecule has 0 saturated carbocycles. The van der Waals surface area contributed by atoms with E-state index >= 15 is 0 Å². The number of carboxylic acid groups (broad SMARTS) is 1. The molecule has 1 aromatic carbocycles. The summed E-state index contributed by atoms with van der Waals surface area (Å²) in [5.41, 5.74) is 1.83. The highest BCUT2D eigenvalue weighted by Gasteiger charge is 2.29. The number of anilines is 1. The van der Waals surface area contributed by atoms with Crippen LogP contribution in [0.4, 0.5) is 5.69 Å². The minimum Gasteiger partial charge on any atom is -0.480 e. The van der Waals surface area contributed by atoms with Crippen molar-refractivity contribution in [2.45, 2.75) is 43.7 Å². The third kappa shape index (κ3) is 4.34. The van der Waals surface area contributed by atoms with Gasteiger partial charge >= 0.3 is 5.97 Å². The quantitative estimate of drug-likeness (QED) is 0.679. The van der Waals surface area contributed by atoms with Crippen LogP contribution in [-0.2, 0) is 32.6 Å². The van der Waals surface area contributed by atoms with E-state index in [-0.39, 0.29) is 17.3 Å². The standard InChI is InChI=1S/C17H20N4O5S/c1-11(22)19-12-4-2-5-13(8-12)27(25,26)20-15-6-3-7-16-14(15)9-18-21(16)10-17(23)24/h2,4-5,8-9,15,20H,3,6-7,10H2,1H3,(H,19,22)(H,23,24). The number of sulfonamides is 1. The Morgan fingerprint density at radius 3 is 2.85 bits per heavy atom. The van der Waals surface area contributed by atoms with Crippen LogP contribution in [0.3, 0.4) is 0 Å². The van der Waals surface area contributed by atoms with E-state index in [1.54, 1.807) is 12.1 Å².